The second-order valence-corrected chi connectivity index (χ2v) is 6.38. The van der Waals surface area contributed by atoms with E-state index in [1.807, 2.05) is 0 Å². The first-order chi connectivity index (χ1) is 12.0. The van der Waals surface area contributed by atoms with Gasteiger partial charge in [-0.1, -0.05) is 16.8 Å². The molecule has 132 valence electrons. The fourth-order valence-corrected chi connectivity index (χ4v) is 2.90. The number of benzene rings is 1. The van der Waals surface area contributed by atoms with E-state index >= 15 is 0 Å². The van der Waals surface area contributed by atoms with Gasteiger partial charge in [-0.15, -0.1) is 0 Å². The maximum Gasteiger partial charge on any atom is 0.311 e. The maximum absolute atomic E-state index is 12.6. The maximum atomic E-state index is 12.6. The van der Waals surface area contributed by atoms with Crippen LogP contribution in [0.5, 0.6) is 0 Å². The minimum Gasteiger partial charge on any atom is -0.455 e. The van der Waals surface area contributed by atoms with E-state index in [2.05, 4.69) is 10.1 Å². The molecule has 0 saturated carbocycles. The third kappa shape index (κ3) is 4.36. The number of piperidine rings is 1. The lowest BCUT2D eigenvalue weighted by Crippen LogP contribution is -2.42. The van der Waals surface area contributed by atoms with E-state index in [1.165, 1.54) is 0 Å². The third-order valence-corrected chi connectivity index (χ3v) is 4.29. The summed E-state index contributed by atoms with van der Waals surface area (Å²) in [4.78, 5) is 30.5. The largest absolute Gasteiger partial charge is 0.455 e. The zero-order valence-electron chi connectivity index (χ0n) is 13.8. The zero-order valence-corrected chi connectivity index (χ0v) is 14.5. The molecule has 0 radical (unpaired) electrons. The van der Waals surface area contributed by atoms with E-state index in [0.717, 1.165) is 6.42 Å². The van der Waals surface area contributed by atoms with Crippen LogP contribution in [0.2, 0.25) is 5.02 Å². The van der Waals surface area contributed by atoms with Crippen LogP contribution in [0.1, 0.15) is 34.9 Å². The highest BCUT2D eigenvalue weighted by atomic mass is 35.5. The summed E-state index contributed by atoms with van der Waals surface area (Å²) in [5.41, 5.74) is 0.555. The predicted octanol–water partition coefficient (Wildman–Crippen LogP) is 2.63. The van der Waals surface area contributed by atoms with Crippen LogP contribution in [0.25, 0.3) is 0 Å². The summed E-state index contributed by atoms with van der Waals surface area (Å²) in [6.45, 7) is 2.59. The van der Waals surface area contributed by atoms with Crippen molar-refractivity contribution in [2.75, 3.05) is 13.1 Å². The van der Waals surface area contributed by atoms with Crippen LogP contribution in [0.4, 0.5) is 0 Å². The Kier molecular flexibility index (Phi) is 5.33. The molecule has 0 N–H and O–H groups in total. The quantitative estimate of drug-likeness (QED) is 0.776. The highest BCUT2D eigenvalue weighted by molar-refractivity contribution is 6.30. The molecule has 2 heterocycles. The molecule has 0 spiro atoms. The van der Waals surface area contributed by atoms with Crippen molar-refractivity contribution in [3.8, 4) is 0 Å². The summed E-state index contributed by atoms with van der Waals surface area (Å²) in [6.07, 6.45) is 1.44. The molecule has 8 heteroatoms. The summed E-state index contributed by atoms with van der Waals surface area (Å²) in [6, 6.07) is 6.72. The number of nitrogens with zero attached hydrogens (tertiary/aromatic N) is 3. The molecule has 25 heavy (non-hydrogen) atoms. The van der Waals surface area contributed by atoms with Crippen molar-refractivity contribution >= 4 is 23.5 Å². The number of esters is 1. The molecular weight excluding hydrogens is 346 g/mol. The normalized spacial score (nSPS) is 17.4. The SMILES string of the molecule is Cc1noc(COC(=O)[C@@H]2CCCN(C(=O)c3ccc(Cl)cc3)C2)n1. The van der Waals surface area contributed by atoms with Gasteiger partial charge in [-0.3, -0.25) is 9.59 Å². The summed E-state index contributed by atoms with van der Waals surface area (Å²) < 4.78 is 10.2. The first-order valence-electron chi connectivity index (χ1n) is 8.03. The van der Waals surface area contributed by atoms with Crippen molar-refractivity contribution in [1.29, 1.82) is 0 Å². The number of carbonyl (C=O) groups is 2. The number of hydrogen-bond donors (Lipinski definition) is 0. The van der Waals surface area contributed by atoms with E-state index < -0.39 is 0 Å². The predicted molar refractivity (Wildman–Crippen MR) is 88.9 cm³/mol. The van der Waals surface area contributed by atoms with Gasteiger partial charge in [-0.2, -0.15) is 4.98 Å². The van der Waals surface area contributed by atoms with Crippen molar-refractivity contribution < 1.29 is 18.8 Å². The Labute approximate surface area is 149 Å². The molecule has 1 amide bonds. The summed E-state index contributed by atoms with van der Waals surface area (Å²) in [5, 5.41) is 4.22. The zero-order chi connectivity index (χ0) is 17.8. The van der Waals surface area contributed by atoms with E-state index in [9.17, 15) is 9.59 Å². The molecule has 1 aromatic heterocycles. The average Bonchev–Trinajstić information content (AvgIpc) is 3.05. The lowest BCUT2D eigenvalue weighted by molar-refractivity contribution is -0.152. The number of carbonyl (C=O) groups excluding carboxylic acids is 2. The number of aryl methyl sites for hydroxylation is 1. The van der Waals surface area contributed by atoms with Crippen LogP contribution in [0.15, 0.2) is 28.8 Å². The average molecular weight is 364 g/mol. The van der Waals surface area contributed by atoms with Crippen LogP contribution < -0.4 is 0 Å². The Balaban J connectivity index is 1.57. The van der Waals surface area contributed by atoms with Gasteiger partial charge in [0.25, 0.3) is 11.8 Å². The van der Waals surface area contributed by atoms with E-state index in [0.29, 0.717) is 35.9 Å². The minimum absolute atomic E-state index is 0.0543. The molecule has 2 aromatic rings. The third-order valence-electron chi connectivity index (χ3n) is 4.04. The Bertz CT molecular complexity index is 760. The van der Waals surface area contributed by atoms with Crippen LogP contribution in [0, 0.1) is 12.8 Å². The van der Waals surface area contributed by atoms with Crippen LogP contribution in [0.3, 0.4) is 0 Å². The lowest BCUT2D eigenvalue weighted by atomic mass is 9.97. The first-order valence-corrected chi connectivity index (χ1v) is 8.41. The number of rotatable bonds is 4. The molecular formula is C17H18ClN3O4. The fourth-order valence-electron chi connectivity index (χ4n) is 2.78. The number of halogens is 1. The molecule has 1 saturated heterocycles. The van der Waals surface area contributed by atoms with Crippen molar-refractivity contribution in [2.24, 2.45) is 5.92 Å². The standard InChI is InChI=1S/C17H18ClN3O4/c1-11-19-15(25-20-11)10-24-17(23)13-3-2-8-21(9-13)16(22)12-4-6-14(18)7-5-12/h4-7,13H,2-3,8-10H2,1H3/t13-/m1/s1. The second kappa shape index (κ2) is 7.65. The Morgan fingerprint density at radius 2 is 2.12 bits per heavy atom. The highest BCUT2D eigenvalue weighted by Gasteiger charge is 2.30. The molecule has 3 rings (SSSR count). The molecule has 0 bridgehead atoms. The summed E-state index contributed by atoms with van der Waals surface area (Å²) in [5.74, 6) is -0.0700. The second-order valence-electron chi connectivity index (χ2n) is 5.94. The number of likely N-dealkylation sites (tertiary alicyclic amines) is 1. The van der Waals surface area contributed by atoms with Crippen LogP contribution in [-0.2, 0) is 16.1 Å². The molecule has 0 aliphatic carbocycles. The van der Waals surface area contributed by atoms with Gasteiger partial charge in [0.1, 0.15) is 0 Å². The number of hydrogen-bond acceptors (Lipinski definition) is 6. The Hall–Kier alpha value is -2.41. The van der Waals surface area contributed by atoms with Crippen molar-refractivity contribution in [2.45, 2.75) is 26.4 Å². The lowest BCUT2D eigenvalue weighted by Gasteiger charge is -2.31. The minimum atomic E-state index is -0.357. The van der Waals surface area contributed by atoms with Crippen LogP contribution >= 0.6 is 11.6 Å². The van der Waals surface area contributed by atoms with Gasteiger partial charge in [-0.05, 0) is 44.0 Å². The monoisotopic (exact) mass is 363 g/mol. The molecule has 1 aliphatic rings. The first kappa shape index (κ1) is 17.4. The number of aromatic nitrogens is 2. The summed E-state index contributed by atoms with van der Waals surface area (Å²) in [7, 11) is 0. The van der Waals surface area contributed by atoms with Gasteiger partial charge in [0.15, 0.2) is 12.4 Å². The summed E-state index contributed by atoms with van der Waals surface area (Å²) >= 11 is 5.85. The number of amides is 1. The molecule has 1 atom stereocenters. The number of ether oxygens (including phenoxy) is 1. The van der Waals surface area contributed by atoms with Gasteiger partial charge in [0.2, 0.25) is 0 Å². The van der Waals surface area contributed by atoms with Gasteiger partial charge in [0.05, 0.1) is 5.92 Å². The fraction of sp³-hybridized carbons (Fsp3) is 0.412. The van der Waals surface area contributed by atoms with E-state index in [1.54, 1.807) is 36.1 Å². The molecule has 1 aliphatic heterocycles. The van der Waals surface area contributed by atoms with E-state index in [-0.39, 0.29) is 30.3 Å². The molecule has 1 aromatic carbocycles. The highest BCUT2D eigenvalue weighted by Crippen LogP contribution is 2.21. The molecule has 7 nitrogen and oxygen atoms in total. The molecule has 0 unspecified atom stereocenters. The smallest absolute Gasteiger partial charge is 0.311 e. The van der Waals surface area contributed by atoms with Crippen LogP contribution in [-0.4, -0.2) is 40.0 Å². The van der Waals surface area contributed by atoms with Gasteiger partial charge in [0, 0.05) is 23.7 Å². The Morgan fingerprint density at radius 3 is 2.80 bits per heavy atom. The van der Waals surface area contributed by atoms with Crippen molar-refractivity contribution in [3.05, 3.63) is 46.6 Å². The van der Waals surface area contributed by atoms with Gasteiger partial charge >= 0.3 is 5.97 Å². The van der Waals surface area contributed by atoms with E-state index in [4.69, 9.17) is 20.9 Å². The van der Waals surface area contributed by atoms with Gasteiger partial charge in [-0.25, -0.2) is 0 Å². The van der Waals surface area contributed by atoms with Crippen molar-refractivity contribution in [3.63, 3.8) is 0 Å². The Morgan fingerprint density at radius 1 is 1.36 bits per heavy atom. The van der Waals surface area contributed by atoms with Gasteiger partial charge < -0.3 is 14.2 Å². The molecule has 1 fully saturated rings. The topological polar surface area (TPSA) is 85.5 Å². The van der Waals surface area contributed by atoms with Crippen molar-refractivity contribution in [1.82, 2.24) is 15.0 Å².